The number of hydrogen-bond donors (Lipinski definition) is 0. The van der Waals surface area contributed by atoms with E-state index in [1.807, 2.05) is 62.4 Å². The number of aryl methyl sites for hydroxylation is 1. The molecule has 7 nitrogen and oxygen atoms in total. The zero-order valence-corrected chi connectivity index (χ0v) is 17.3. The van der Waals surface area contributed by atoms with Gasteiger partial charge in [-0.3, -0.25) is 9.59 Å². The fourth-order valence-electron chi connectivity index (χ4n) is 3.77. The monoisotopic (exact) mass is 404 g/mol. The minimum Gasteiger partial charge on any atom is -0.383 e. The third-order valence-corrected chi connectivity index (χ3v) is 5.28. The molecule has 1 amide bonds. The summed E-state index contributed by atoms with van der Waals surface area (Å²) in [6.07, 6.45) is 0. The van der Waals surface area contributed by atoms with Crippen molar-refractivity contribution in [3.63, 3.8) is 0 Å². The molecule has 0 aliphatic heterocycles. The van der Waals surface area contributed by atoms with Crippen molar-refractivity contribution in [2.75, 3.05) is 25.2 Å². The molecule has 154 valence electrons. The van der Waals surface area contributed by atoms with Crippen molar-refractivity contribution in [1.29, 1.82) is 0 Å². The number of fused-ring (bicyclic) bond motifs is 3. The van der Waals surface area contributed by atoms with Crippen molar-refractivity contribution in [2.45, 2.75) is 20.4 Å². The predicted octanol–water partition coefficient (Wildman–Crippen LogP) is 3.27. The summed E-state index contributed by atoms with van der Waals surface area (Å²) in [5.41, 5.74) is 3.77. The van der Waals surface area contributed by atoms with Crippen molar-refractivity contribution in [2.24, 2.45) is 0 Å². The summed E-state index contributed by atoms with van der Waals surface area (Å²) in [4.78, 5) is 28.2. The second-order valence-corrected chi connectivity index (χ2v) is 7.10. The molecule has 0 fully saturated rings. The average Bonchev–Trinajstić information content (AvgIpc) is 3.21. The van der Waals surface area contributed by atoms with Gasteiger partial charge in [-0.1, -0.05) is 30.3 Å². The Morgan fingerprint density at radius 2 is 1.77 bits per heavy atom. The Balaban J connectivity index is 1.88. The quantitative estimate of drug-likeness (QED) is 0.495. The van der Waals surface area contributed by atoms with E-state index in [2.05, 4.69) is 5.10 Å². The van der Waals surface area contributed by atoms with Crippen molar-refractivity contribution in [3.05, 3.63) is 76.2 Å². The van der Waals surface area contributed by atoms with Gasteiger partial charge in [0.05, 0.1) is 17.6 Å². The number of aromatic nitrogens is 3. The number of para-hydroxylation sites is 3. The van der Waals surface area contributed by atoms with Gasteiger partial charge in [0, 0.05) is 32.0 Å². The van der Waals surface area contributed by atoms with Crippen molar-refractivity contribution in [3.8, 4) is 0 Å². The first-order chi connectivity index (χ1) is 14.6. The van der Waals surface area contributed by atoms with Crippen LogP contribution >= 0.6 is 0 Å². The number of nitrogens with zero attached hydrogens (tertiary/aromatic N) is 4. The van der Waals surface area contributed by atoms with E-state index >= 15 is 0 Å². The normalized spacial score (nSPS) is 11.3. The van der Waals surface area contributed by atoms with E-state index < -0.39 is 0 Å². The maximum atomic E-state index is 13.3. The molecule has 0 atom stereocenters. The second kappa shape index (κ2) is 8.12. The van der Waals surface area contributed by atoms with Gasteiger partial charge in [0.2, 0.25) is 0 Å². The topological polar surface area (TPSA) is 68.8 Å². The number of carbonyl (C=O) groups excluding carboxylic acids is 1. The summed E-state index contributed by atoms with van der Waals surface area (Å²) in [6.45, 7) is 5.22. The van der Waals surface area contributed by atoms with E-state index in [1.165, 1.54) is 0 Å². The molecule has 0 aliphatic rings. The van der Waals surface area contributed by atoms with E-state index in [4.69, 9.17) is 4.74 Å². The van der Waals surface area contributed by atoms with Crippen LogP contribution in [-0.2, 0) is 11.3 Å². The van der Waals surface area contributed by atoms with Crippen LogP contribution in [0.25, 0.3) is 16.6 Å². The third-order valence-electron chi connectivity index (χ3n) is 5.28. The van der Waals surface area contributed by atoms with Gasteiger partial charge in [0.1, 0.15) is 5.52 Å². The van der Waals surface area contributed by atoms with Gasteiger partial charge < -0.3 is 14.2 Å². The lowest BCUT2D eigenvalue weighted by Crippen LogP contribution is -2.31. The molecule has 2 aromatic heterocycles. The van der Waals surface area contributed by atoms with E-state index in [1.54, 1.807) is 27.2 Å². The van der Waals surface area contributed by atoms with Crippen LogP contribution < -0.4 is 10.5 Å². The van der Waals surface area contributed by atoms with Gasteiger partial charge in [-0.2, -0.15) is 5.10 Å². The summed E-state index contributed by atoms with van der Waals surface area (Å²) in [7, 11) is 1.60. The molecule has 0 N–H and O–H groups in total. The van der Waals surface area contributed by atoms with E-state index in [0.717, 1.165) is 22.3 Å². The first-order valence-electron chi connectivity index (χ1n) is 9.94. The molecule has 0 aliphatic carbocycles. The number of hydrogen-bond acceptors (Lipinski definition) is 4. The van der Waals surface area contributed by atoms with Crippen molar-refractivity contribution >= 4 is 28.1 Å². The molecule has 0 bridgehead atoms. The first kappa shape index (κ1) is 19.8. The molecule has 30 heavy (non-hydrogen) atoms. The average molecular weight is 404 g/mol. The molecule has 0 saturated carbocycles. The Labute approximate surface area is 174 Å². The Kier molecular flexibility index (Phi) is 5.37. The summed E-state index contributed by atoms with van der Waals surface area (Å²) in [5, 5.41) is 4.53. The van der Waals surface area contributed by atoms with Crippen molar-refractivity contribution < 1.29 is 9.53 Å². The van der Waals surface area contributed by atoms with Crippen LogP contribution in [-0.4, -0.2) is 40.3 Å². The molecule has 4 aromatic rings. The number of ether oxygens (including phenoxy) is 1. The standard InChI is InChI=1S/C23H24N4O3/c1-4-25(18-10-6-5-9-16(18)2)22(28)17-15-21-23(29)26(13-14-30-3)19-11-7-8-12-20(19)27(21)24-17/h5-12,15H,4,13-14H2,1-3H3. The summed E-state index contributed by atoms with van der Waals surface area (Å²) in [6, 6.07) is 16.9. The fourth-order valence-corrected chi connectivity index (χ4v) is 3.77. The Bertz CT molecular complexity index is 1290. The van der Waals surface area contributed by atoms with E-state index in [9.17, 15) is 9.59 Å². The molecule has 0 spiro atoms. The van der Waals surface area contributed by atoms with Crippen molar-refractivity contribution in [1.82, 2.24) is 14.2 Å². The lowest BCUT2D eigenvalue weighted by molar-refractivity contribution is 0.0983. The second-order valence-electron chi connectivity index (χ2n) is 7.10. The molecule has 0 radical (unpaired) electrons. The minimum atomic E-state index is -0.234. The Morgan fingerprint density at radius 1 is 1.07 bits per heavy atom. The lowest BCUT2D eigenvalue weighted by atomic mass is 10.1. The molecule has 2 aromatic carbocycles. The lowest BCUT2D eigenvalue weighted by Gasteiger charge is -2.21. The SMILES string of the molecule is CCN(C(=O)c1cc2c(=O)n(CCOC)c3ccccc3n2n1)c1ccccc1C. The number of anilines is 1. The number of amides is 1. The minimum absolute atomic E-state index is 0.198. The van der Waals surface area contributed by atoms with Gasteiger partial charge in [-0.25, -0.2) is 4.52 Å². The first-order valence-corrected chi connectivity index (χ1v) is 9.94. The van der Waals surface area contributed by atoms with Crippen LogP contribution in [0.15, 0.2) is 59.4 Å². The highest BCUT2D eigenvalue weighted by molar-refractivity contribution is 6.06. The highest BCUT2D eigenvalue weighted by Crippen LogP contribution is 2.22. The Morgan fingerprint density at radius 3 is 2.47 bits per heavy atom. The summed E-state index contributed by atoms with van der Waals surface area (Å²) >= 11 is 0. The third kappa shape index (κ3) is 3.27. The Hall–Kier alpha value is -3.45. The molecular weight excluding hydrogens is 380 g/mol. The van der Waals surface area contributed by atoms with Crippen LogP contribution in [0.1, 0.15) is 23.0 Å². The summed E-state index contributed by atoms with van der Waals surface area (Å²) < 4.78 is 8.41. The molecule has 0 unspecified atom stereocenters. The number of methoxy groups -OCH3 is 1. The van der Waals surface area contributed by atoms with Gasteiger partial charge in [-0.15, -0.1) is 0 Å². The fraction of sp³-hybridized carbons (Fsp3) is 0.261. The van der Waals surface area contributed by atoms with Gasteiger partial charge in [-0.05, 0) is 37.6 Å². The number of carbonyl (C=O) groups is 1. The van der Waals surface area contributed by atoms with Crippen LogP contribution in [0.5, 0.6) is 0 Å². The van der Waals surface area contributed by atoms with Crippen LogP contribution in [0, 0.1) is 6.92 Å². The molecule has 0 saturated heterocycles. The maximum absolute atomic E-state index is 13.3. The zero-order chi connectivity index (χ0) is 21.3. The predicted molar refractivity (Wildman–Crippen MR) is 117 cm³/mol. The van der Waals surface area contributed by atoms with Gasteiger partial charge >= 0.3 is 0 Å². The summed E-state index contributed by atoms with van der Waals surface area (Å²) in [5.74, 6) is -0.234. The van der Waals surface area contributed by atoms with Crippen LogP contribution in [0.4, 0.5) is 5.69 Å². The highest BCUT2D eigenvalue weighted by atomic mass is 16.5. The molecule has 4 rings (SSSR count). The number of rotatable bonds is 6. The highest BCUT2D eigenvalue weighted by Gasteiger charge is 2.22. The van der Waals surface area contributed by atoms with E-state index in [-0.39, 0.29) is 17.2 Å². The van der Waals surface area contributed by atoms with Crippen LogP contribution in [0.2, 0.25) is 0 Å². The van der Waals surface area contributed by atoms with Gasteiger partial charge in [0.15, 0.2) is 5.69 Å². The van der Waals surface area contributed by atoms with Gasteiger partial charge in [0.25, 0.3) is 11.5 Å². The molecular formula is C23H24N4O3. The smallest absolute Gasteiger partial charge is 0.278 e. The zero-order valence-electron chi connectivity index (χ0n) is 17.3. The molecule has 2 heterocycles. The van der Waals surface area contributed by atoms with Crippen LogP contribution in [0.3, 0.4) is 0 Å². The largest absolute Gasteiger partial charge is 0.383 e. The molecule has 7 heteroatoms. The number of benzene rings is 2. The maximum Gasteiger partial charge on any atom is 0.278 e. The van der Waals surface area contributed by atoms with E-state index in [0.29, 0.717) is 25.2 Å².